The van der Waals surface area contributed by atoms with Crippen LogP contribution in [0, 0.1) is 0 Å². The van der Waals surface area contributed by atoms with Gasteiger partial charge in [-0.25, -0.2) is 9.59 Å². The number of carbonyl (C=O) groups excluding carboxylic acids is 2. The lowest BCUT2D eigenvalue weighted by atomic mass is 10.0. The molecule has 1 aromatic rings. The highest BCUT2D eigenvalue weighted by molar-refractivity contribution is 5.89. The van der Waals surface area contributed by atoms with Crippen molar-refractivity contribution >= 4 is 18.1 Å². The predicted octanol–water partition coefficient (Wildman–Crippen LogP) is 2.99. The number of carbonyl (C=O) groups is 2. The van der Waals surface area contributed by atoms with Gasteiger partial charge in [-0.05, 0) is 46.1 Å². The van der Waals surface area contributed by atoms with E-state index >= 15 is 0 Å². The number of piperidine rings is 1. The predicted molar refractivity (Wildman–Crippen MR) is 113 cm³/mol. The first-order chi connectivity index (χ1) is 14.2. The molecule has 0 bridgehead atoms. The van der Waals surface area contributed by atoms with Crippen molar-refractivity contribution in [2.24, 2.45) is 10.7 Å². The molecule has 2 rings (SSSR count). The number of nitrogens with one attached hydrogen (secondary N) is 1. The quantitative estimate of drug-likeness (QED) is 0.556. The molecule has 9 nitrogen and oxygen atoms in total. The summed E-state index contributed by atoms with van der Waals surface area (Å²) in [7, 11) is 0. The number of guanidine groups is 1. The van der Waals surface area contributed by atoms with Crippen LogP contribution in [0.25, 0.3) is 0 Å². The number of hydrogen-bond acceptors (Lipinski definition) is 5. The molecule has 2 amide bonds. The second kappa shape index (κ2) is 10.8. The summed E-state index contributed by atoms with van der Waals surface area (Å²) in [5.41, 5.74) is 6.33. The van der Waals surface area contributed by atoms with E-state index in [2.05, 4.69) is 10.3 Å². The van der Waals surface area contributed by atoms with Gasteiger partial charge in [0.15, 0.2) is 6.23 Å². The van der Waals surface area contributed by atoms with Gasteiger partial charge in [0.1, 0.15) is 12.2 Å². The maximum Gasteiger partial charge on any atom is 0.437 e. The molecule has 0 radical (unpaired) electrons. The zero-order chi connectivity index (χ0) is 22.1. The average Bonchev–Trinajstić information content (AvgIpc) is 2.67. The monoisotopic (exact) mass is 420 g/mol. The Hall–Kier alpha value is -2.81. The smallest absolute Gasteiger partial charge is 0.437 e. The van der Waals surface area contributed by atoms with Gasteiger partial charge in [-0.2, -0.15) is 0 Å². The molecule has 9 heteroatoms. The third-order valence-electron chi connectivity index (χ3n) is 4.31. The topological polar surface area (TPSA) is 115 Å². The van der Waals surface area contributed by atoms with Crippen molar-refractivity contribution in [3.05, 3.63) is 35.9 Å². The van der Waals surface area contributed by atoms with Crippen LogP contribution in [-0.4, -0.2) is 54.1 Å². The number of ether oxygens (including phenoxy) is 3. The Balaban J connectivity index is 2.02. The molecule has 1 aliphatic rings. The minimum Gasteiger partial charge on any atom is -0.444 e. The lowest BCUT2D eigenvalue weighted by molar-refractivity contribution is -0.0637. The van der Waals surface area contributed by atoms with Crippen molar-refractivity contribution in [3.63, 3.8) is 0 Å². The molecular weight excluding hydrogens is 388 g/mol. The Morgan fingerprint density at radius 2 is 1.97 bits per heavy atom. The van der Waals surface area contributed by atoms with E-state index in [-0.39, 0.29) is 18.6 Å². The van der Waals surface area contributed by atoms with Gasteiger partial charge in [-0.15, -0.1) is 4.99 Å². The third-order valence-corrected chi connectivity index (χ3v) is 4.31. The van der Waals surface area contributed by atoms with Crippen LogP contribution in [0.2, 0.25) is 0 Å². The summed E-state index contributed by atoms with van der Waals surface area (Å²) in [6, 6.07) is 8.94. The van der Waals surface area contributed by atoms with Gasteiger partial charge in [-0.1, -0.05) is 30.3 Å². The van der Waals surface area contributed by atoms with Gasteiger partial charge in [0.2, 0.25) is 5.96 Å². The summed E-state index contributed by atoms with van der Waals surface area (Å²) in [6.07, 6.45) is -0.460. The standard InChI is InChI=1S/C21H32N4O5/c1-5-28-17-16(23-20(27)30-21(2,3)4)12-9-13-25(17)18(22)24-19(26)29-14-15-10-7-6-8-11-15/h6-8,10-11,16-17H,5,9,12-14H2,1-4H3,(H,23,27)(H2,22,24,26). The van der Waals surface area contributed by atoms with Gasteiger partial charge in [0, 0.05) is 13.2 Å². The summed E-state index contributed by atoms with van der Waals surface area (Å²) >= 11 is 0. The molecule has 0 aliphatic carbocycles. The molecule has 1 heterocycles. The van der Waals surface area contributed by atoms with Crippen LogP contribution >= 0.6 is 0 Å². The summed E-state index contributed by atoms with van der Waals surface area (Å²) in [6.45, 7) is 8.28. The number of rotatable bonds is 5. The minimum absolute atomic E-state index is 0.0119. The fourth-order valence-corrected chi connectivity index (χ4v) is 3.10. The summed E-state index contributed by atoms with van der Waals surface area (Å²) in [5.74, 6) is -0.0119. The lowest BCUT2D eigenvalue weighted by Crippen LogP contribution is -2.60. The first kappa shape index (κ1) is 23.5. The zero-order valence-electron chi connectivity index (χ0n) is 18.1. The Kier molecular flexibility index (Phi) is 8.46. The van der Waals surface area contributed by atoms with E-state index in [1.165, 1.54) is 0 Å². The number of likely N-dealkylation sites (tertiary alicyclic amines) is 1. The van der Waals surface area contributed by atoms with Crippen molar-refractivity contribution in [2.75, 3.05) is 13.2 Å². The largest absolute Gasteiger partial charge is 0.444 e. The van der Waals surface area contributed by atoms with Crippen LogP contribution in [0.3, 0.4) is 0 Å². The third kappa shape index (κ3) is 7.55. The highest BCUT2D eigenvalue weighted by Gasteiger charge is 2.35. The van der Waals surface area contributed by atoms with Gasteiger partial charge >= 0.3 is 12.2 Å². The molecular formula is C21H32N4O5. The van der Waals surface area contributed by atoms with Crippen LogP contribution in [-0.2, 0) is 20.8 Å². The normalized spacial score (nSPS) is 19.9. The SMILES string of the molecule is CCOC1C(NC(=O)OC(C)(C)C)CCCN1/C(N)=N/C(=O)OCc1ccccc1. The van der Waals surface area contributed by atoms with Gasteiger partial charge < -0.3 is 30.2 Å². The highest BCUT2D eigenvalue weighted by Crippen LogP contribution is 2.20. The van der Waals surface area contributed by atoms with Crippen LogP contribution in [0.5, 0.6) is 0 Å². The number of benzene rings is 1. The van der Waals surface area contributed by atoms with Crippen LogP contribution in [0.4, 0.5) is 9.59 Å². The van der Waals surface area contributed by atoms with E-state index < -0.39 is 24.0 Å². The minimum atomic E-state index is -0.783. The first-order valence-corrected chi connectivity index (χ1v) is 10.1. The van der Waals surface area contributed by atoms with E-state index in [4.69, 9.17) is 19.9 Å². The van der Waals surface area contributed by atoms with Gasteiger partial charge in [-0.3, -0.25) is 0 Å². The molecule has 2 atom stereocenters. The Bertz CT molecular complexity index is 733. The summed E-state index contributed by atoms with van der Waals surface area (Å²) < 4.78 is 16.3. The Morgan fingerprint density at radius 1 is 1.27 bits per heavy atom. The van der Waals surface area contributed by atoms with Crippen molar-refractivity contribution in [3.8, 4) is 0 Å². The number of hydrogen-bond donors (Lipinski definition) is 2. The molecule has 0 saturated carbocycles. The maximum atomic E-state index is 12.2. The fraction of sp³-hybridized carbons (Fsp3) is 0.571. The molecule has 1 aliphatic heterocycles. The molecule has 1 aromatic carbocycles. The maximum absolute atomic E-state index is 12.2. The Labute approximate surface area is 177 Å². The number of nitrogens with zero attached hydrogens (tertiary/aromatic N) is 2. The molecule has 2 unspecified atom stereocenters. The van der Waals surface area contributed by atoms with E-state index in [0.29, 0.717) is 19.6 Å². The zero-order valence-corrected chi connectivity index (χ0v) is 18.1. The summed E-state index contributed by atoms with van der Waals surface area (Å²) in [4.78, 5) is 29.8. The second-order valence-corrected chi connectivity index (χ2v) is 7.94. The van der Waals surface area contributed by atoms with E-state index in [1.807, 2.05) is 37.3 Å². The molecule has 3 N–H and O–H groups in total. The van der Waals surface area contributed by atoms with E-state index in [0.717, 1.165) is 12.0 Å². The molecule has 1 saturated heterocycles. The highest BCUT2D eigenvalue weighted by atomic mass is 16.6. The second-order valence-electron chi connectivity index (χ2n) is 7.94. The van der Waals surface area contributed by atoms with E-state index in [1.54, 1.807) is 25.7 Å². The summed E-state index contributed by atoms with van der Waals surface area (Å²) in [5, 5.41) is 2.84. The lowest BCUT2D eigenvalue weighted by Gasteiger charge is -2.41. The van der Waals surface area contributed by atoms with Crippen molar-refractivity contribution in [1.29, 1.82) is 0 Å². The van der Waals surface area contributed by atoms with Crippen molar-refractivity contribution in [1.82, 2.24) is 10.2 Å². The van der Waals surface area contributed by atoms with Crippen LogP contribution in [0.1, 0.15) is 46.1 Å². The fourth-order valence-electron chi connectivity index (χ4n) is 3.10. The molecule has 166 valence electrons. The number of aliphatic imine (C=N–C) groups is 1. The molecule has 0 spiro atoms. The number of alkyl carbamates (subject to hydrolysis) is 1. The molecule has 0 aromatic heterocycles. The number of amides is 2. The first-order valence-electron chi connectivity index (χ1n) is 10.1. The average molecular weight is 421 g/mol. The Morgan fingerprint density at radius 3 is 2.60 bits per heavy atom. The van der Waals surface area contributed by atoms with Gasteiger partial charge in [0.05, 0.1) is 6.04 Å². The van der Waals surface area contributed by atoms with E-state index in [9.17, 15) is 9.59 Å². The van der Waals surface area contributed by atoms with Crippen molar-refractivity contribution in [2.45, 2.75) is 65.0 Å². The molecule has 30 heavy (non-hydrogen) atoms. The number of nitrogens with two attached hydrogens (primary N) is 1. The molecule has 1 fully saturated rings. The van der Waals surface area contributed by atoms with Gasteiger partial charge in [0.25, 0.3) is 0 Å². The van der Waals surface area contributed by atoms with Crippen LogP contribution < -0.4 is 11.1 Å². The van der Waals surface area contributed by atoms with Crippen molar-refractivity contribution < 1.29 is 23.8 Å². The van der Waals surface area contributed by atoms with Crippen LogP contribution in [0.15, 0.2) is 35.3 Å².